The van der Waals surface area contributed by atoms with Crippen LogP contribution in [0, 0.1) is 10.1 Å². The average Bonchev–Trinajstić information content (AvgIpc) is 2.97. The summed E-state index contributed by atoms with van der Waals surface area (Å²) in [6.07, 6.45) is 0.397. The number of non-ortho nitro benzene ring substituents is 1. The quantitative estimate of drug-likeness (QED) is 0.335. The number of nitrogens with one attached hydrogen (secondary N) is 1. The first-order chi connectivity index (χ1) is 13.9. The van der Waals surface area contributed by atoms with Crippen LogP contribution in [0.1, 0.15) is 46.0 Å². The maximum Gasteiger partial charge on any atom is 0.269 e. The van der Waals surface area contributed by atoms with Gasteiger partial charge in [0.25, 0.3) is 17.5 Å². The van der Waals surface area contributed by atoms with E-state index in [1.54, 1.807) is 43.3 Å². The number of carbonyl (C=O) groups excluding carboxylic acids is 3. The van der Waals surface area contributed by atoms with Crippen LogP contribution in [0.2, 0.25) is 0 Å². The number of benzene rings is 2. The molecular weight excluding hydrogens is 376 g/mol. The zero-order valence-electron chi connectivity index (χ0n) is 15.6. The molecule has 3 rings (SSSR count). The fourth-order valence-corrected chi connectivity index (χ4v) is 2.93. The van der Waals surface area contributed by atoms with Crippen LogP contribution < -0.4 is 5.43 Å². The minimum absolute atomic E-state index is 0.0289. The molecule has 2 aromatic rings. The predicted octanol–water partition coefficient (Wildman–Crippen LogP) is 2.51. The Labute approximate surface area is 166 Å². The van der Waals surface area contributed by atoms with E-state index in [4.69, 9.17) is 0 Å². The summed E-state index contributed by atoms with van der Waals surface area (Å²) in [6, 6.07) is 12.4. The van der Waals surface area contributed by atoms with Crippen LogP contribution in [0.4, 0.5) is 5.69 Å². The maximum absolute atomic E-state index is 12.3. The van der Waals surface area contributed by atoms with Crippen LogP contribution in [0.3, 0.4) is 0 Å². The molecule has 0 atom stereocenters. The van der Waals surface area contributed by atoms with Crippen LogP contribution >= 0.6 is 0 Å². The van der Waals surface area contributed by atoms with Gasteiger partial charge in [-0.05, 0) is 43.2 Å². The number of hydrazone groups is 1. The highest BCUT2D eigenvalue weighted by atomic mass is 16.6. The molecule has 0 unspecified atom stereocenters. The summed E-state index contributed by atoms with van der Waals surface area (Å²) in [4.78, 5) is 47.8. The smallest absolute Gasteiger partial charge is 0.269 e. The van der Waals surface area contributed by atoms with Gasteiger partial charge >= 0.3 is 0 Å². The second-order valence-electron chi connectivity index (χ2n) is 6.45. The van der Waals surface area contributed by atoms with Crippen LogP contribution in [-0.4, -0.2) is 39.8 Å². The Kier molecular flexibility index (Phi) is 5.77. The van der Waals surface area contributed by atoms with Gasteiger partial charge in [0.05, 0.1) is 21.8 Å². The van der Waals surface area contributed by atoms with Crippen molar-refractivity contribution in [3.05, 3.63) is 75.3 Å². The summed E-state index contributed by atoms with van der Waals surface area (Å²) < 4.78 is 0. The first kappa shape index (κ1) is 19.9. The summed E-state index contributed by atoms with van der Waals surface area (Å²) in [5.41, 5.74) is 4.28. The number of nitro groups is 1. The van der Waals surface area contributed by atoms with Crippen LogP contribution in [0.15, 0.2) is 53.6 Å². The first-order valence-corrected chi connectivity index (χ1v) is 8.91. The highest BCUT2D eigenvalue weighted by molar-refractivity contribution is 6.21. The van der Waals surface area contributed by atoms with Crippen LogP contribution in [0.5, 0.6) is 0 Å². The molecule has 9 heteroatoms. The number of carbonyl (C=O) groups is 3. The van der Waals surface area contributed by atoms with Crippen molar-refractivity contribution in [1.82, 2.24) is 10.3 Å². The topological polar surface area (TPSA) is 122 Å². The van der Waals surface area contributed by atoms with Gasteiger partial charge in [0.15, 0.2) is 0 Å². The first-order valence-electron chi connectivity index (χ1n) is 8.91. The van der Waals surface area contributed by atoms with Crippen molar-refractivity contribution >= 4 is 29.1 Å². The van der Waals surface area contributed by atoms with Crippen molar-refractivity contribution in [3.8, 4) is 0 Å². The van der Waals surface area contributed by atoms with Crippen molar-refractivity contribution in [3.63, 3.8) is 0 Å². The van der Waals surface area contributed by atoms with Gasteiger partial charge < -0.3 is 0 Å². The molecule has 0 aliphatic carbocycles. The average molecular weight is 394 g/mol. The molecule has 0 spiro atoms. The summed E-state index contributed by atoms with van der Waals surface area (Å²) in [5, 5.41) is 14.7. The van der Waals surface area contributed by atoms with Gasteiger partial charge in [0, 0.05) is 25.1 Å². The van der Waals surface area contributed by atoms with Gasteiger partial charge in [-0.1, -0.05) is 12.1 Å². The number of nitrogens with zero attached hydrogens (tertiary/aromatic N) is 3. The van der Waals surface area contributed by atoms with E-state index in [-0.39, 0.29) is 36.4 Å². The van der Waals surface area contributed by atoms with Crippen molar-refractivity contribution in [1.29, 1.82) is 0 Å². The molecule has 1 aliphatic rings. The third kappa shape index (κ3) is 4.34. The monoisotopic (exact) mass is 394 g/mol. The van der Waals surface area contributed by atoms with E-state index in [0.717, 1.165) is 4.90 Å². The zero-order chi connectivity index (χ0) is 21.0. The number of imide groups is 1. The Morgan fingerprint density at radius 2 is 1.66 bits per heavy atom. The molecule has 0 saturated carbocycles. The van der Waals surface area contributed by atoms with E-state index in [1.165, 1.54) is 12.1 Å². The van der Waals surface area contributed by atoms with Crippen LogP contribution in [0.25, 0.3) is 0 Å². The molecule has 1 aliphatic heterocycles. The Balaban J connectivity index is 1.49. The minimum Gasteiger partial charge on any atom is -0.274 e. The van der Waals surface area contributed by atoms with Crippen molar-refractivity contribution in [2.75, 3.05) is 6.54 Å². The Morgan fingerprint density at radius 1 is 1.07 bits per heavy atom. The molecule has 1 heterocycles. The molecule has 29 heavy (non-hydrogen) atoms. The largest absolute Gasteiger partial charge is 0.274 e. The second kappa shape index (κ2) is 8.42. The van der Waals surface area contributed by atoms with Crippen molar-refractivity contribution in [2.45, 2.75) is 19.8 Å². The summed E-state index contributed by atoms with van der Waals surface area (Å²) in [7, 11) is 0. The fourth-order valence-electron chi connectivity index (χ4n) is 2.93. The number of hydrogen-bond acceptors (Lipinski definition) is 6. The third-order valence-electron chi connectivity index (χ3n) is 4.51. The second-order valence-corrected chi connectivity index (χ2v) is 6.45. The van der Waals surface area contributed by atoms with Gasteiger partial charge in [0.1, 0.15) is 0 Å². The number of nitro benzene ring substituents is 1. The van der Waals surface area contributed by atoms with Gasteiger partial charge in [0.2, 0.25) is 5.91 Å². The summed E-state index contributed by atoms with van der Waals surface area (Å²) in [6.45, 7) is 1.81. The SMILES string of the molecule is C/C(=N/NC(=O)CCCN1C(=O)c2ccccc2C1=O)c1ccc([N+](=O)[O-])cc1. The lowest BCUT2D eigenvalue weighted by molar-refractivity contribution is -0.384. The molecule has 0 fully saturated rings. The molecule has 0 aromatic heterocycles. The summed E-state index contributed by atoms with van der Waals surface area (Å²) in [5.74, 6) is -1.06. The highest BCUT2D eigenvalue weighted by Crippen LogP contribution is 2.22. The molecule has 0 saturated heterocycles. The number of hydrogen-bond donors (Lipinski definition) is 1. The lowest BCUT2D eigenvalue weighted by Crippen LogP contribution is -2.31. The van der Waals surface area contributed by atoms with E-state index >= 15 is 0 Å². The standard InChI is InChI=1S/C20H18N4O5/c1-13(14-8-10-15(11-9-14)24(28)29)21-22-18(25)7-4-12-23-19(26)16-5-2-3-6-17(16)20(23)27/h2-3,5-6,8-11H,4,7,12H2,1H3,(H,22,25)/b21-13-. The fraction of sp³-hybridized carbons (Fsp3) is 0.200. The van der Waals surface area contributed by atoms with Gasteiger partial charge in [-0.25, -0.2) is 5.43 Å². The van der Waals surface area contributed by atoms with Crippen molar-refractivity contribution < 1.29 is 19.3 Å². The molecule has 0 bridgehead atoms. The third-order valence-corrected chi connectivity index (χ3v) is 4.51. The zero-order valence-corrected chi connectivity index (χ0v) is 15.6. The highest BCUT2D eigenvalue weighted by Gasteiger charge is 2.34. The van der Waals surface area contributed by atoms with E-state index in [1.807, 2.05) is 0 Å². The molecule has 9 nitrogen and oxygen atoms in total. The molecular formula is C20H18N4O5. The van der Waals surface area contributed by atoms with E-state index in [0.29, 0.717) is 28.8 Å². The van der Waals surface area contributed by atoms with Crippen molar-refractivity contribution in [2.24, 2.45) is 5.10 Å². The minimum atomic E-state index is -0.494. The van der Waals surface area contributed by atoms with E-state index < -0.39 is 4.92 Å². The molecule has 2 aromatic carbocycles. The van der Waals surface area contributed by atoms with Gasteiger partial charge in [-0.15, -0.1) is 0 Å². The molecule has 148 valence electrons. The predicted molar refractivity (Wildman–Crippen MR) is 104 cm³/mol. The normalized spacial score (nSPS) is 13.4. The van der Waals surface area contributed by atoms with E-state index in [2.05, 4.69) is 10.5 Å². The molecule has 3 amide bonds. The van der Waals surface area contributed by atoms with E-state index in [9.17, 15) is 24.5 Å². The molecule has 1 N–H and O–H groups in total. The lowest BCUT2D eigenvalue weighted by Gasteiger charge is -2.13. The Hall–Kier alpha value is -3.88. The van der Waals surface area contributed by atoms with Gasteiger partial charge in [-0.2, -0.15) is 5.10 Å². The van der Waals surface area contributed by atoms with Gasteiger partial charge in [-0.3, -0.25) is 29.4 Å². The Morgan fingerprint density at radius 3 is 2.21 bits per heavy atom. The van der Waals surface area contributed by atoms with Crippen LogP contribution in [-0.2, 0) is 4.79 Å². The number of rotatable bonds is 7. The Bertz CT molecular complexity index is 979. The number of amides is 3. The lowest BCUT2D eigenvalue weighted by atomic mass is 10.1. The molecule has 0 radical (unpaired) electrons. The number of fused-ring (bicyclic) bond motifs is 1. The summed E-state index contributed by atoms with van der Waals surface area (Å²) >= 11 is 0. The maximum atomic E-state index is 12.3.